The molecule has 0 heterocycles. The van der Waals surface area contributed by atoms with Gasteiger partial charge in [-0.2, -0.15) is 0 Å². The average Bonchev–Trinajstić information content (AvgIpc) is 2.71. The van der Waals surface area contributed by atoms with Crippen LogP contribution in [0.1, 0.15) is 12.0 Å². The summed E-state index contributed by atoms with van der Waals surface area (Å²) in [7, 11) is 6.14. The molecule has 28 heavy (non-hydrogen) atoms. The van der Waals surface area contributed by atoms with Gasteiger partial charge in [0.2, 0.25) is 11.7 Å². The molecule has 0 aliphatic carbocycles. The molecule has 0 bridgehead atoms. The zero-order chi connectivity index (χ0) is 20.5. The number of amides is 1. The summed E-state index contributed by atoms with van der Waals surface area (Å²) < 4.78 is 21.2. The van der Waals surface area contributed by atoms with Crippen LogP contribution in [-0.4, -0.2) is 52.3 Å². The lowest BCUT2D eigenvalue weighted by Gasteiger charge is -2.13. The van der Waals surface area contributed by atoms with Crippen molar-refractivity contribution in [2.45, 2.75) is 6.42 Å². The molecule has 0 aromatic heterocycles. The third kappa shape index (κ3) is 5.14. The first-order valence-electron chi connectivity index (χ1n) is 8.49. The number of nitrogens with one attached hydrogen (secondary N) is 1. The molecule has 0 aliphatic rings. The highest BCUT2D eigenvalue weighted by atomic mass is 16.5. The molecule has 0 unspecified atom stereocenters. The zero-order valence-corrected chi connectivity index (χ0v) is 16.3. The summed E-state index contributed by atoms with van der Waals surface area (Å²) >= 11 is 0. The third-order valence-electron chi connectivity index (χ3n) is 3.85. The first kappa shape index (κ1) is 21.0. The van der Waals surface area contributed by atoms with E-state index in [1.165, 1.54) is 14.2 Å². The summed E-state index contributed by atoms with van der Waals surface area (Å²) in [5, 5.41) is 11.6. The molecule has 1 amide bonds. The highest BCUT2D eigenvalue weighted by Gasteiger charge is 2.12. The van der Waals surface area contributed by atoms with Crippen LogP contribution in [0.3, 0.4) is 0 Å². The Hall–Kier alpha value is -3.26. The van der Waals surface area contributed by atoms with Crippen LogP contribution in [0.15, 0.2) is 35.3 Å². The molecule has 2 aromatic rings. The van der Waals surface area contributed by atoms with Crippen molar-refractivity contribution in [2.75, 3.05) is 40.4 Å². The Kier molecular flexibility index (Phi) is 7.65. The van der Waals surface area contributed by atoms with Crippen molar-refractivity contribution in [3.63, 3.8) is 0 Å². The first-order chi connectivity index (χ1) is 13.6. The van der Waals surface area contributed by atoms with Crippen molar-refractivity contribution in [1.29, 1.82) is 0 Å². The summed E-state index contributed by atoms with van der Waals surface area (Å²) in [5.41, 5.74) is 1.82. The topological polar surface area (TPSA) is 98.6 Å². The Bertz CT molecular complexity index is 826. The first-order valence-corrected chi connectivity index (χ1v) is 8.49. The lowest BCUT2D eigenvalue weighted by Crippen LogP contribution is -2.13. The molecule has 2 N–H and O–H groups in total. The molecule has 0 aliphatic heterocycles. The Labute approximate surface area is 163 Å². The lowest BCUT2D eigenvalue weighted by atomic mass is 10.2. The maximum atomic E-state index is 11.8. The number of aliphatic hydroxyl groups is 1. The van der Waals surface area contributed by atoms with E-state index in [1.807, 2.05) is 0 Å². The Balaban J connectivity index is 2.32. The predicted molar refractivity (Wildman–Crippen MR) is 107 cm³/mol. The van der Waals surface area contributed by atoms with Gasteiger partial charge in [-0.25, -0.2) is 0 Å². The number of aliphatic imine (C=N–C) groups is 1. The van der Waals surface area contributed by atoms with E-state index in [2.05, 4.69) is 10.3 Å². The summed E-state index contributed by atoms with van der Waals surface area (Å²) in [6, 6.07) is 8.70. The van der Waals surface area contributed by atoms with Crippen molar-refractivity contribution in [1.82, 2.24) is 0 Å². The summed E-state index contributed by atoms with van der Waals surface area (Å²) in [5.74, 6) is 1.73. The van der Waals surface area contributed by atoms with E-state index >= 15 is 0 Å². The Morgan fingerprint density at radius 2 is 1.64 bits per heavy atom. The average molecular weight is 388 g/mol. The quantitative estimate of drug-likeness (QED) is 0.641. The van der Waals surface area contributed by atoms with Crippen LogP contribution in [0, 0.1) is 0 Å². The van der Waals surface area contributed by atoms with Crippen LogP contribution in [0.2, 0.25) is 0 Å². The molecule has 8 nitrogen and oxygen atoms in total. The molecule has 0 saturated heterocycles. The van der Waals surface area contributed by atoms with E-state index < -0.39 is 0 Å². The minimum atomic E-state index is -0.313. The fraction of sp³-hybridized carbons (Fsp3) is 0.300. The number of benzene rings is 2. The summed E-state index contributed by atoms with van der Waals surface area (Å²) in [4.78, 5) is 16.2. The molecule has 0 atom stereocenters. The van der Waals surface area contributed by atoms with Gasteiger partial charge in [-0.3, -0.25) is 9.79 Å². The van der Waals surface area contributed by atoms with Crippen LogP contribution >= 0.6 is 0 Å². The molecule has 0 fully saturated rings. The molecule has 150 valence electrons. The van der Waals surface area contributed by atoms with Gasteiger partial charge in [0.15, 0.2) is 11.5 Å². The van der Waals surface area contributed by atoms with Crippen molar-refractivity contribution in [3.8, 4) is 23.0 Å². The second-order valence-corrected chi connectivity index (χ2v) is 5.62. The van der Waals surface area contributed by atoms with Gasteiger partial charge in [0.25, 0.3) is 0 Å². The zero-order valence-electron chi connectivity index (χ0n) is 16.3. The number of hydrogen-bond acceptors (Lipinski definition) is 7. The molecule has 0 spiro atoms. The fourth-order valence-electron chi connectivity index (χ4n) is 2.51. The van der Waals surface area contributed by atoms with Crippen molar-refractivity contribution in [3.05, 3.63) is 35.9 Å². The summed E-state index contributed by atoms with van der Waals surface area (Å²) in [6.07, 6.45) is 1.65. The largest absolute Gasteiger partial charge is 0.495 e. The number of aliphatic hydroxyl groups excluding tert-OH is 1. The molecule has 2 aromatic carbocycles. The highest BCUT2D eigenvalue weighted by molar-refractivity contribution is 5.93. The van der Waals surface area contributed by atoms with E-state index in [0.29, 0.717) is 34.4 Å². The third-order valence-corrected chi connectivity index (χ3v) is 3.85. The molecule has 8 heteroatoms. The van der Waals surface area contributed by atoms with Gasteiger partial charge in [0, 0.05) is 11.8 Å². The summed E-state index contributed by atoms with van der Waals surface area (Å²) in [6.45, 7) is -0.229. The van der Waals surface area contributed by atoms with Crippen molar-refractivity contribution in [2.24, 2.45) is 4.99 Å². The number of ether oxygens (including phenoxy) is 4. The van der Waals surface area contributed by atoms with Crippen LogP contribution in [-0.2, 0) is 4.79 Å². The number of hydrogen-bond donors (Lipinski definition) is 2. The Morgan fingerprint density at radius 3 is 2.18 bits per heavy atom. The SMILES string of the molecule is COc1ccc(N=Cc2cc(OC)c(OC)c(OC)c2)cc1NC(=O)CCO. The molecule has 0 saturated carbocycles. The molecule has 2 rings (SSSR count). The second-order valence-electron chi connectivity index (χ2n) is 5.62. The van der Waals surface area contributed by atoms with Crippen LogP contribution < -0.4 is 24.3 Å². The maximum Gasteiger partial charge on any atom is 0.226 e. The van der Waals surface area contributed by atoms with E-state index in [1.54, 1.807) is 50.8 Å². The lowest BCUT2D eigenvalue weighted by molar-refractivity contribution is -0.116. The minimum Gasteiger partial charge on any atom is -0.495 e. The molecular formula is C20H24N2O6. The van der Waals surface area contributed by atoms with Gasteiger partial charge in [-0.05, 0) is 30.3 Å². The second kappa shape index (κ2) is 10.2. The van der Waals surface area contributed by atoms with Gasteiger partial charge >= 0.3 is 0 Å². The van der Waals surface area contributed by atoms with Gasteiger partial charge in [-0.15, -0.1) is 0 Å². The normalized spacial score (nSPS) is 10.6. The van der Waals surface area contributed by atoms with Gasteiger partial charge < -0.3 is 29.4 Å². The van der Waals surface area contributed by atoms with Crippen LogP contribution in [0.4, 0.5) is 11.4 Å². The van der Waals surface area contributed by atoms with Gasteiger partial charge in [0.1, 0.15) is 5.75 Å². The van der Waals surface area contributed by atoms with Crippen LogP contribution in [0.25, 0.3) is 0 Å². The van der Waals surface area contributed by atoms with Gasteiger partial charge in [0.05, 0.1) is 52.8 Å². The smallest absolute Gasteiger partial charge is 0.226 e. The molecule has 0 radical (unpaired) electrons. The number of carbonyl (C=O) groups is 1. The van der Waals surface area contributed by atoms with Gasteiger partial charge in [-0.1, -0.05) is 0 Å². The monoisotopic (exact) mass is 388 g/mol. The molecular weight excluding hydrogens is 364 g/mol. The maximum absolute atomic E-state index is 11.8. The van der Waals surface area contributed by atoms with E-state index in [9.17, 15) is 4.79 Å². The van der Waals surface area contributed by atoms with Crippen molar-refractivity contribution >= 4 is 23.5 Å². The van der Waals surface area contributed by atoms with E-state index in [4.69, 9.17) is 24.1 Å². The number of anilines is 1. The van der Waals surface area contributed by atoms with Crippen molar-refractivity contribution < 1.29 is 28.8 Å². The highest BCUT2D eigenvalue weighted by Crippen LogP contribution is 2.38. The standard InChI is InChI=1S/C20H24N2O6/c1-25-16-6-5-14(11-15(16)22-19(24)7-8-23)21-12-13-9-17(26-2)20(28-4)18(10-13)27-3/h5-6,9-12,23H,7-8H2,1-4H3,(H,22,24). The number of nitrogens with zero attached hydrogens (tertiary/aromatic N) is 1. The predicted octanol–water partition coefficient (Wildman–Crippen LogP) is 2.79. The van der Waals surface area contributed by atoms with E-state index in [0.717, 1.165) is 5.56 Å². The van der Waals surface area contributed by atoms with Crippen LogP contribution in [0.5, 0.6) is 23.0 Å². The minimum absolute atomic E-state index is 0.00207. The fourth-order valence-corrected chi connectivity index (χ4v) is 2.51. The number of carbonyl (C=O) groups excluding carboxylic acids is 1. The number of methoxy groups -OCH3 is 4. The Morgan fingerprint density at radius 1 is 1.00 bits per heavy atom. The number of rotatable bonds is 9. The van der Waals surface area contributed by atoms with E-state index in [-0.39, 0.29) is 18.9 Å².